The molecule has 2 aliphatic rings. The Morgan fingerprint density at radius 1 is 1.12 bits per heavy atom. The third-order valence-corrected chi connectivity index (χ3v) is 4.62. The highest BCUT2D eigenvalue weighted by Crippen LogP contribution is 2.29. The molecule has 0 amide bonds. The summed E-state index contributed by atoms with van der Waals surface area (Å²) in [5, 5.41) is 3.73. The van der Waals surface area contributed by atoms with Crippen molar-refractivity contribution < 1.29 is 0 Å². The number of nitrogens with one attached hydrogen (secondary N) is 1. The van der Waals surface area contributed by atoms with Gasteiger partial charge in [-0.25, -0.2) is 0 Å². The predicted molar refractivity (Wildman–Crippen MR) is 74.4 cm³/mol. The molecular formula is C15H30N2. The number of likely N-dealkylation sites (tertiary alicyclic amines) is 1. The Labute approximate surface area is 107 Å². The SMILES string of the molecule is CCCC(CCC)N1CCCC1C1CCCN1. The van der Waals surface area contributed by atoms with Gasteiger partial charge in [0.2, 0.25) is 0 Å². The first-order valence-electron chi connectivity index (χ1n) is 7.86. The molecule has 0 aromatic carbocycles. The lowest BCUT2D eigenvalue weighted by Crippen LogP contribution is -2.48. The van der Waals surface area contributed by atoms with E-state index in [0.29, 0.717) is 0 Å². The van der Waals surface area contributed by atoms with Gasteiger partial charge < -0.3 is 5.32 Å². The monoisotopic (exact) mass is 238 g/mol. The van der Waals surface area contributed by atoms with Crippen LogP contribution in [0.5, 0.6) is 0 Å². The van der Waals surface area contributed by atoms with Crippen molar-refractivity contribution in [1.29, 1.82) is 0 Å². The van der Waals surface area contributed by atoms with Gasteiger partial charge in [0.25, 0.3) is 0 Å². The second kappa shape index (κ2) is 6.75. The minimum absolute atomic E-state index is 0.800. The van der Waals surface area contributed by atoms with Crippen molar-refractivity contribution in [1.82, 2.24) is 10.2 Å². The third-order valence-electron chi connectivity index (χ3n) is 4.62. The Kier molecular flexibility index (Phi) is 5.30. The lowest BCUT2D eigenvalue weighted by molar-refractivity contribution is 0.136. The molecule has 1 N–H and O–H groups in total. The molecule has 2 heteroatoms. The topological polar surface area (TPSA) is 15.3 Å². The van der Waals surface area contributed by atoms with Crippen LogP contribution in [0.4, 0.5) is 0 Å². The minimum Gasteiger partial charge on any atom is -0.312 e. The maximum atomic E-state index is 3.73. The van der Waals surface area contributed by atoms with E-state index in [9.17, 15) is 0 Å². The second-order valence-corrected chi connectivity index (χ2v) is 5.88. The van der Waals surface area contributed by atoms with Crippen molar-refractivity contribution in [3.05, 3.63) is 0 Å². The summed E-state index contributed by atoms with van der Waals surface area (Å²) >= 11 is 0. The quantitative estimate of drug-likeness (QED) is 0.764. The summed E-state index contributed by atoms with van der Waals surface area (Å²) in [6.45, 7) is 7.28. The van der Waals surface area contributed by atoms with Crippen LogP contribution < -0.4 is 5.32 Å². The van der Waals surface area contributed by atoms with E-state index >= 15 is 0 Å². The Bertz CT molecular complexity index is 205. The third kappa shape index (κ3) is 3.23. The lowest BCUT2D eigenvalue weighted by atomic mass is 9.99. The van der Waals surface area contributed by atoms with Crippen LogP contribution >= 0.6 is 0 Å². The molecule has 2 heterocycles. The zero-order chi connectivity index (χ0) is 12.1. The Balaban J connectivity index is 1.95. The van der Waals surface area contributed by atoms with Crippen LogP contribution in [-0.4, -0.2) is 36.1 Å². The number of hydrogen-bond donors (Lipinski definition) is 1. The summed E-state index contributed by atoms with van der Waals surface area (Å²) in [6.07, 6.45) is 11.1. The first kappa shape index (κ1) is 13.4. The van der Waals surface area contributed by atoms with E-state index in [2.05, 4.69) is 24.1 Å². The minimum atomic E-state index is 0.800. The standard InChI is InChI=1S/C15H30N2/c1-3-7-13(8-4-2)17-12-6-10-15(17)14-9-5-11-16-14/h13-16H,3-12H2,1-2H3. The number of hydrogen-bond acceptors (Lipinski definition) is 2. The normalized spacial score (nSPS) is 30.5. The van der Waals surface area contributed by atoms with Crippen molar-refractivity contribution in [3.63, 3.8) is 0 Å². The Morgan fingerprint density at radius 2 is 1.88 bits per heavy atom. The van der Waals surface area contributed by atoms with Gasteiger partial charge in [0.1, 0.15) is 0 Å². The van der Waals surface area contributed by atoms with Crippen LogP contribution in [0, 0.1) is 0 Å². The molecule has 2 unspecified atom stereocenters. The summed E-state index contributed by atoms with van der Waals surface area (Å²) in [5.41, 5.74) is 0. The molecule has 0 radical (unpaired) electrons. The van der Waals surface area contributed by atoms with E-state index in [1.54, 1.807) is 0 Å². The van der Waals surface area contributed by atoms with Crippen molar-refractivity contribution in [2.24, 2.45) is 0 Å². The van der Waals surface area contributed by atoms with Gasteiger partial charge in [-0.05, 0) is 51.6 Å². The molecule has 0 saturated carbocycles. The second-order valence-electron chi connectivity index (χ2n) is 5.88. The van der Waals surface area contributed by atoms with Crippen LogP contribution in [-0.2, 0) is 0 Å². The molecular weight excluding hydrogens is 208 g/mol. The van der Waals surface area contributed by atoms with Crippen LogP contribution in [0.2, 0.25) is 0 Å². The van der Waals surface area contributed by atoms with Crippen LogP contribution in [0.1, 0.15) is 65.2 Å². The van der Waals surface area contributed by atoms with Gasteiger partial charge in [0, 0.05) is 18.1 Å². The highest BCUT2D eigenvalue weighted by Gasteiger charge is 2.35. The molecule has 2 aliphatic heterocycles. The molecule has 0 aliphatic carbocycles. The highest BCUT2D eigenvalue weighted by molar-refractivity contribution is 4.94. The van der Waals surface area contributed by atoms with E-state index in [1.807, 2.05) is 0 Å². The first-order chi connectivity index (χ1) is 8.36. The van der Waals surface area contributed by atoms with E-state index in [1.165, 1.54) is 64.5 Å². The van der Waals surface area contributed by atoms with Crippen molar-refractivity contribution in [2.45, 2.75) is 83.3 Å². The summed E-state index contributed by atoms with van der Waals surface area (Å²) in [6, 6.07) is 2.51. The molecule has 2 rings (SSSR count). The van der Waals surface area contributed by atoms with Gasteiger partial charge in [0.15, 0.2) is 0 Å². The molecule has 0 aromatic rings. The Morgan fingerprint density at radius 3 is 2.47 bits per heavy atom. The number of nitrogens with zero attached hydrogens (tertiary/aromatic N) is 1. The molecule has 100 valence electrons. The van der Waals surface area contributed by atoms with Crippen LogP contribution in [0.15, 0.2) is 0 Å². The van der Waals surface area contributed by atoms with Gasteiger partial charge >= 0.3 is 0 Å². The smallest absolute Gasteiger partial charge is 0.0252 e. The zero-order valence-electron chi connectivity index (χ0n) is 11.8. The largest absolute Gasteiger partial charge is 0.312 e. The maximum absolute atomic E-state index is 3.73. The molecule has 0 aromatic heterocycles. The van der Waals surface area contributed by atoms with Crippen molar-refractivity contribution in [2.75, 3.05) is 13.1 Å². The predicted octanol–water partition coefficient (Wildman–Crippen LogP) is 3.17. The van der Waals surface area contributed by atoms with E-state index < -0.39 is 0 Å². The fraction of sp³-hybridized carbons (Fsp3) is 1.00. The van der Waals surface area contributed by atoms with Crippen LogP contribution in [0.25, 0.3) is 0 Å². The fourth-order valence-corrected chi connectivity index (χ4v) is 3.88. The van der Waals surface area contributed by atoms with Gasteiger partial charge in [-0.2, -0.15) is 0 Å². The van der Waals surface area contributed by atoms with Gasteiger partial charge in [0.05, 0.1) is 0 Å². The molecule has 2 saturated heterocycles. The van der Waals surface area contributed by atoms with E-state index in [0.717, 1.165) is 18.1 Å². The number of rotatable bonds is 6. The molecule has 17 heavy (non-hydrogen) atoms. The first-order valence-corrected chi connectivity index (χ1v) is 7.86. The average molecular weight is 238 g/mol. The van der Waals surface area contributed by atoms with Crippen molar-refractivity contribution >= 4 is 0 Å². The fourth-order valence-electron chi connectivity index (χ4n) is 3.88. The lowest BCUT2D eigenvalue weighted by Gasteiger charge is -2.36. The zero-order valence-corrected chi connectivity index (χ0v) is 11.8. The summed E-state index contributed by atoms with van der Waals surface area (Å²) < 4.78 is 0. The molecule has 2 fully saturated rings. The van der Waals surface area contributed by atoms with Crippen molar-refractivity contribution in [3.8, 4) is 0 Å². The molecule has 0 bridgehead atoms. The van der Waals surface area contributed by atoms with Crippen LogP contribution in [0.3, 0.4) is 0 Å². The Hall–Kier alpha value is -0.0800. The van der Waals surface area contributed by atoms with Gasteiger partial charge in [-0.15, -0.1) is 0 Å². The summed E-state index contributed by atoms with van der Waals surface area (Å²) in [5.74, 6) is 0. The average Bonchev–Trinajstić information content (AvgIpc) is 2.99. The summed E-state index contributed by atoms with van der Waals surface area (Å²) in [4.78, 5) is 2.86. The van der Waals surface area contributed by atoms with E-state index in [4.69, 9.17) is 0 Å². The van der Waals surface area contributed by atoms with Gasteiger partial charge in [-0.1, -0.05) is 26.7 Å². The maximum Gasteiger partial charge on any atom is 0.0252 e. The molecule has 0 spiro atoms. The highest BCUT2D eigenvalue weighted by atomic mass is 15.2. The van der Waals surface area contributed by atoms with E-state index in [-0.39, 0.29) is 0 Å². The summed E-state index contributed by atoms with van der Waals surface area (Å²) in [7, 11) is 0. The molecule has 2 nitrogen and oxygen atoms in total. The van der Waals surface area contributed by atoms with Gasteiger partial charge in [-0.3, -0.25) is 4.90 Å². The molecule has 2 atom stereocenters.